The summed E-state index contributed by atoms with van der Waals surface area (Å²) in [4.78, 5) is 9.29. The summed E-state index contributed by atoms with van der Waals surface area (Å²) in [6.45, 7) is 12.0. The maximum atomic E-state index is 5.31. The van der Waals surface area contributed by atoms with Crippen LogP contribution in [0.25, 0.3) is 0 Å². The molecule has 1 saturated heterocycles. The third-order valence-electron chi connectivity index (χ3n) is 3.56. The molecule has 0 bridgehead atoms. The van der Waals surface area contributed by atoms with Gasteiger partial charge in [-0.3, -0.25) is 4.90 Å². The molecule has 0 radical (unpaired) electrons. The minimum atomic E-state index is 0.238. The summed E-state index contributed by atoms with van der Waals surface area (Å²) >= 11 is 0. The molecule has 2 heterocycles. The monoisotopic (exact) mass is 238 g/mol. The molecule has 1 aromatic heterocycles. The molecule has 5 nitrogen and oxygen atoms in total. The van der Waals surface area contributed by atoms with Gasteiger partial charge in [-0.1, -0.05) is 19.0 Å². The Bertz CT molecular complexity index is 344. The van der Waals surface area contributed by atoms with Gasteiger partial charge in [-0.05, 0) is 13.5 Å². The average molecular weight is 238 g/mol. The molecule has 1 fully saturated rings. The van der Waals surface area contributed by atoms with E-state index in [4.69, 9.17) is 4.52 Å². The Morgan fingerprint density at radius 1 is 1.24 bits per heavy atom. The van der Waals surface area contributed by atoms with Crippen molar-refractivity contribution in [1.82, 2.24) is 19.9 Å². The molecule has 17 heavy (non-hydrogen) atoms. The SMILES string of the molecule is CCc1noc(C(C)N2CCN(CC)CC2)n1. The van der Waals surface area contributed by atoms with Crippen LogP contribution in [0, 0.1) is 0 Å². The van der Waals surface area contributed by atoms with Crippen LogP contribution in [0.2, 0.25) is 0 Å². The van der Waals surface area contributed by atoms with Crippen molar-refractivity contribution in [2.45, 2.75) is 33.2 Å². The summed E-state index contributed by atoms with van der Waals surface area (Å²) in [5, 5.41) is 3.96. The van der Waals surface area contributed by atoms with Gasteiger partial charge in [0, 0.05) is 32.6 Å². The lowest BCUT2D eigenvalue weighted by Gasteiger charge is -2.36. The molecule has 1 atom stereocenters. The maximum Gasteiger partial charge on any atom is 0.243 e. The first kappa shape index (κ1) is 12.5. The molecular weight excluding hydrogens is 216 g/mol. The Hall–Kier alpha value is -0.940. The van der Waals surface area contributed by atoms with E-state index in [1.165, 1.54) is 0 Å². The minimum absolute atomic E-state index is 0.238. The van der Waals surface area contributed by atoms with Crippen LogP contribution in [0.15, 0.2) is 4.52 Å². The predicted octanol–water partition coefficient (Wildman–Crippen LogP) is 1.33. The normalized spacial score (nSPS) is 20.6. The quantitative estimate of drug-likeness (QED) is 0.792. The molecule has 0 saturated carbocycles. The number of aryl methyl sites for hydroxylation is 1. The molecule has 1 unspecified atom stereocenters. The smallest absolute Gasteiger partial charge is 0.243 e. The summed E-state index contributed by atoms with van der Waals surface area (Å²) in [6.07, 6.45) is 0.833. The Kier molecular flexibility index (Phi) is 4.12. The van der Waals surface area contributed by atoms with E-state index in [1.54, 1.807) is 0 Å². The lowest BCUT2D eigenvalue weighted by Crippen LogP contribution is -2.46. The number of piperazine rings is 1. The van der Waals surface area contributed by atoms with Crippen LogP contribution in [-0.2, 0) is 6.42 Å². The van der Waals surface area contributed by atoms with E-state index in [9.17, 15) is 0 Å². The number of hydrogen-bond donors (Lipinski definition) is 0. The van der Waals surface area contributed by atoms with Gasteiger partial charge in [0.2, 0.25) is 5.89 Å². The molecule has 0 aromatic carbocycles. The van der Waals surface area contributed by atoms with Crippen molar-refractivity contribution in [3.63, 3.8) is 0 Å². The van der Waals surface area contributed by atoms with E-state index < -0.39 is 0 Å². The van der Waals surface area contributed by atoms with Crippen molar-refractivity contribution in [3.8, 4) is 0 Å². The lowest BCUT2D eigenvalue weighted by atomic mass is 10.2. The van der Waals surface area contributed by atoms with Gasteiger partial charge in [-0.15, -0.1) is 0 Å². The van der Waals surface area contributed by atoms with Gasteiger partial charge in [-0.25, -0.2) is 0 Å². The van der Waals surface area contributed by atoms with Gasteiger partial charge < -0.3 is 9.42 Å². The van der Waals surface area contributed by atoms with Crippen LogP contribution >= 0.6 is 0 Å². The number of likely N-dealkylation sites (N-methyl/N-ethyl adjacent to an activating group) is 1. The molecule has 0 N–H and O–H groups in total. The van der Waals surface area contributed by atoms with Crippen LogP contribution in [-0.4, -0.2) is 52.7 Å². The number of hydrogen-bond acceptors (Lipinski definition) is 5. The first-order valence-electron chi connectivity index (χ1n) is 6.53. The average Bonchev–Trinajstić information content (AvgIpc) is 2.87. The maximum absolute atomic E-state index is 5.31. The Balaban J connectivity index is 1.94. The fourth-order valence-corrected chi connectivity index (χ4v) is 2.20. The summed E-state index contributed by atoms with van der Waals surface area (Å²) in [7, 11) is 0. The molecule has 1 aromatic rings. The van der Waals surface area contributed by atoms with Crippen molar-refractivity contribution >= 4 is 0 Å². The Labute approximate surface area is 103 Å². The molecule has 1 aliphatic rings. The van der Waals surface area contributed by atoms with Gasteiger partial charge in [0.1, 0.15) is 0 Å². The zero-order chi connectivity index (χ0) is 12.3. The topological polar surface area (TPSA) is 45.4 Å². The van der Waals surface area contributed by atoms with Crippen LogP contribution < -0.4 is 0 Å². The molecule has 5 heteroatoms. The second-order valence-corrected chi connectivity index (χ2v) is 4.55. The van der Waals surface area contributed by atoms with Gasteiger partial charge in [0.25, 0.3) is 0 Å². The van der Waals surface area contributed by atoms with Crippen LogP contribution in [0.5, 0.6) is 0 Å². The van der Waals surface area contributed by atoms with Crippen molar-refractivity contribution in [1.29, 1.82) is 0 Å². The largest absolute Gasteiger partial charge is 0.338 e. The summed E-state index contributed by atoms with van der Waals surface area (Å²) in [5.74, 6) is 1.56. The Morgan fingerprint density at radius 2 is 1.94 bits per heavy atom. The minimum Gasteiger partial charge on any atom is -0.338 e. The first-order valence-corrected chi connectivity index (χ1v) is 6.53. The molecule has 0 aliphatic carbocycles. The lowest BCUT2D eigenvalue weighted by molar-refractivity contribution is 0.0914. The highest BCUT2D eigenvalue weighted by Gasteiger charge is 2.24. The van der Waals surface area contributed by atoms with Gasteiger partial charge in [-0.2, -0.15) is 4.98 Å². The van der Waals surface area contributed by atoms with E-state index in [1.807, 2.05) is 6.92 Å². The van der Waals surface area contributed by atoms with Crippen LogP contribution in [0.3, 0.4) is 0 Å². The van der Waals surface area contributed by atoms with Crippen LogP contribution in [0.4, 0.5) is 0 Å². The zero-order valence-electron chi connectivity index (χ0n) is 11.0. The van der Waals surface area contributed by atoms with Crippen molar-refractivity contribution < 1.29 is 4.52 Å². The summed E-state index contributed by atoms with van der Waals surface area (Å²) in [5.41, 5.74) is 0. The predicted molar refractivity (Wildman–Crippen MR) is 65.8 cm³/mol. The van der Waals surface area contributed by atoms with E-state index in [0.717, 1.165) is 50.9 Å². The van der Waals surface area contributed by atoms with E-state index in [0.29, 0.717) is 0 Å². The summed E-state index contributed by atoms with van der Waals surface area (Å²) in [6, 6.07) is 0.238. The van der Waals surface area contributed by atoms with Crippen molar-refractivity contribution in [2.24, 2.45) is 0 Å². The highest BCUT2D eigenvalue weighted by atomic mass is 16.5. The van der Waals surface area contributed by atoms with E-state index in [2.05, 4.69) is 33.8 Å². The van der Waals surface area contributed by atoms with Crippen molar-refractivity contribution in [2.75, 3.05) is 32.7 Å². The zero-order valence-corrected chi connectivity index (χ0v) is 11.0. The van der Waals surface area contributed by atoms with Gasteiger partial charge in [0.15, 0.2) is 5.82 Å². The molecule has 0 amide bonds. The Morgan fingerprint density at radius 3 is 2.47 bits per heavy atom. The molecular formula is C12H22N4O. The van der Waals surface area contributed by atoms with Gasteiger partial charge >= 0.3 is 0 Å². The fourth-order valence-electron chi connectivity index (χ4n) is 2.20. The third-order valence-corrected chi connectivity index (χ3v) is 3.56. The standard InChI is InChI=1S/C12H22N4O/c1-4-11-13-12(17-14-11)10(3)16-8-6-15(5-2)7-9-16/h10H,4-9H2,1-3H3. The molecule has 96 valence electrons. The summed E-state index contributed by atoms with van der Waals surface area (Å²) < 4.78 is 5.31. The van der Waals surface area contributed by atoms with E-state index >= 15 is 0 Å². The second kappa shape index (κ2) is 5.60. The van der Waals surface area contributed by atoms with Gasteiger partial charge in [0.05, 0.1) is 6.04 Å². The highest BCUT2D eigenvalue weighted by Crippen LogP contribution is 2.19. The second-order valence-electron chi connectivity index (χ2n) is 4.55. The van der Waals surface area contributed by atoms with E-state index in [-0.39, 0.29) is 6.04 Å². The van der Waals surface area contributed by atoms with Crippen molar-refractivity contribution in [3.05, 3.63) is 11.7 Å². The van der Waals surface area contributed by atoms with Crippen LogP contribution in [0.1, 0.15) is 38.5 Å². The number of rotatable bonds is 4. The number of nitrogens with zero attached hydrogens (tertiary/aromatic N) is 4. The molecule has 1 aliphatic heterocycles. The molecule has 2 rings (SSSR count). The fraction of sp³-hybridized carbons (Fsp3) is 0.833. The number of aromatic nitrogens is 2. The molecule has 0 spiro atoms. The highest BCUT2D eigenvalue weighted by molar-refractivity contribution is 4.93. The third kappa shape index (κ3) is 2.84. The first-order chi connectivity index (χ1) is 8.24.